The van der Waals surface area contributed by atoms with Crippen LogP contribution in [0.25, 0.3) is 0 Å². The van der Waals surface area contributed by atoms with Crippen LogP contribution < -0.4 is 9.64 Å². The predicted octanol–water partition coefficient (Wildman–Crippen LogP) is 5.54. The first-order valence-electron chi connectivity index (χ1n) is 10.8. The zero-order chi connectivity index (χ0) is 24.6. The maximum atomic E-state index is 13.4. The summed E-state index contributed by atoms with van der Waals surface area (Å²) >= 11 is 0. The van der Waals surface area contributed by atoms with E-state index in [1.54, 1.807) is 24.3 Å². The van der Waals surface area contributed by atoms with E-state index in [4.69, 9.17) is 4.74 Å². The van der Waals surface area contributed by atoms with E-state index in [-0.39, 0.29) is 30.7 Å². The third-order valence-corrected chi connectivity index (χ3v) is 6.01. The molecule has 0 saturated heterocycles. The van der Waals surface area contributed by atoms with Gasteiger partial charge in [-0.25, -0.2) is 0 Å². The van der Waals surface area contributed by atoms with Crippen molar-refractivity contribution in [3.05, 3.63) is 75.0 Å². The fourth-order valence-electron chi connectivity index (χ4n) is 4.63. The summed E-state index contributed by atoms with van der Waals surface area (Å²) in [7, 11) is 0. The van der Waals surface area contributed by atoms with Crippen LogP contribution >= 0.6 is 0 Å². The summed E-state index contributed by atoms with van der Waals surface area (Å²) in [4.78, 5) is 38.2. The van der Waals surface area contributed by atoms with Gasteiger partial charge < -0.3 is 4.74 Å². The molecule has 0 radical (unpaired) electrons. The molecule has 1 unspecified atom stereocenters. The second-order valence-electron chi connectivity index (χ2n) is 8.05. The Morgan fingerprint density at radius 3 is 2.56 bits per heavy atom. The van der Waals surface area contributed by atoms with E-state index in [9.17, 15) is 32.9 Å². The number of nitrogens with zero attached hydrogens (tertiary/aromatic N) is 2. The number of hydrogen-bond donors (Lipinski definition) is 0. The number of nitro benzene ring substituents is 1. The third-order valence-electron chi connectivity index (χ3n) is 6.01. The Morgan fingerprint density at radius 2 is 1.88 bits per heavy atom. The summed E-state index contributed by atoms with van der Waals surface area (Å²) in [5.41, 5.74) is -1.01. The van der Waals surface area contributed by atoms with Crippen LogP contribution in [0.5, 0.6) is 5.75 Å². The van der Waals surface area contributed by atoms with Crippen LogP contribution in [0.3, 0.4) is 0 Å². The number of hydrogen-bond acceptors (Lipinski definition) is 5. The zero-order valence-electron chi connectivity index (χ0n) is 18.2. The van der Waals surface area contributed by atoms with E-state index in [1.807, 2.05) is 6.92 Å². The number of allylic oxidation sites excluding steroid dienone is 2. The lowest BCUT2D eigenvalue weighted by Gasteiger charge is -2.38. The van der Waals surface area contributed by atoms with E-state index >= 15 is 0 Å². The number of Topliss-reactive ketones (excluding diaryl/α,β-unsaturated/α-hetero) is 1. The highest BCUT2D eigenvalue weighted by molar-refractivity contribution is 6.08. The average molecular weight is 474 g/mol. The van der Waals surface area contributed by atoms with Gasteiger partial charge in [-0.15, -0.1) is 0 Å². The van der Waals surface area contributed by atoms with E-state index in [1.165, 1.54) is 0 Å². The Labute approximate surface area is 193 Å². The van der Waals surface area contributed by atoms with E-state index < -0.39 is 34.2 Å². The van der Waals surface area contributed by atoms with Crippen molar-refractivity contribution in [2.75, 3.05) is 11.5 Å². The second-order valence-corrected chi connectivity index (χ2v) is 8.05. The van der Waals surface area contributed by atoms with Crippen molar-refractivity contribution >= 4 is 23.1 Å². The Morgan fingerprint density at radius 1 is 1.15 bits per heavy atom. The molecule has 2 aliphatic rings. The standard InChI is InChI=1S/C24H21F3N2O5/c1-2-34-21-9-4-3-6-15(21)16-13-22(31)28(18-7-5-8-20(30)23(16)18)17-11-10-14(24(25,26)27)12-19(17)29(32)33/h3-4,6,9-12,16H,2,5,7-8,13H2,1H3. The molecule has 0 saturated carbocycles. The Kier molecular flexibility index (Phi) is 6.16. The number of anilines is 1. The van der Waals surface area contributed by atoms with Gasteiger partial charge in [0.15, 0.2) is 5.78 Å². The fraction of sp³-hybridized carbons (Fsp3) is 0.333. The van der Waals surface area contributed by atoms with Gasteiger partial charge in [0.1, 0.15) is 11.4 Å². The molecule has 0 aromatic heterocycles. The highest BCUT2D eigenvalue weighted by Crippen LogP contribution is 2.47. The molecule has 10 heteroatoms. The topological polar surface area (TPSA) is 89.8 Å². The molecular weight excluding hydrogens is 453 g/mol. The van der Waals surface area contributed by atoms with Crippen molar-refractivity contribution in [2.45, 2.75) is 44.7 Å². The first kappa shape index (κ1) is 23.5. The van der Waals surface area contributed by atoms with Crippen molar-refractivity contribution in [1.82, 2.24) is 0 Å². The highest BCUT2D eigenvalue weighted by atomic mass is 19.4. The first-order valence-corrected chi connectivity index (χ1v) is 10.8. The number of halogens is 3. The van der Waals surface area contributed by atoms with Crippen molar-refractivity contribution in [3.8, 4) is 5.75 Å². The largest absolute Gasteiger partial charge is 0.494 e. The van der Waals surface area contributed by atoms with Gasteiger partial charge in [-0.05, 0) is 38.0 Å². The number of carbonyl (C=O) groups excluding carboxylic acids is 2. The Balaban J connectivity index is 1.90. The van der Waals surface area contributed by atoms with Crippen LogP contribution in [0.1, 0.15) is 49.7 Å². The molecule has 2 aromatic carbocycles. The van der Waals surface area contributed by atoms with Crippen LogP contribution in [0.4, 0.5) is 24.5 Å². The first-order chi connectivity index (χ1) is 16.1. The third kappa shape index (κ3) is 4.15. The molecule has 34 heavy (non-hydrogen) atoms. The molecule has 0 spiro atoms. The van der Waals surface area contributed by atoms with Crippen molar-refractivity contribution in [1.29, 1.82) is 0 Å². The van der Waals surface area contributed by atoms with E-state index in [0.29, 0.717) is 47.7 Å². The minimum absolute atomic E-state index is 0.174. The molecule has 4 rings (SSSR count). The van der Waals surface area contributed by atoms with Gasteiger partial charge in [0, 0.05) is 41.7 Å². The maximum absolute atomic E-state index is 13.4. The summed E-state index contributed by atoms with van der Waals surface area (Å²) in [5, 5.41) is 11.7. The molecule has 7 nitrogen and oxygen atoms in total. The smallest absolute Gasteiger partial charge is 0.416 e. The summed E-state index contributed by atoms with van der Waals surface area (Å²) in [5.74, 6) is -0.804. The van der Waals surface area contributed by atoms with Crippen LogP contribution in [-0.2, 0) is 15.8 Å². The SMILES string of the molecule is CCOc1ccccc1C1CC(=O)N(c2ccc(C(F)(F)F)cc2[N+](=O)[O-])C2=C1C(=O)CCC2. The molecule has 1 aliphatic heterocycles. The number of nitro groups is 1. The van der Waals surface area contributed by atoms with Crippen molar-refractivity contribution in [2.24, 2.45) is 0 Å². The van der Waals surface area contributed by atoms with Crippen LogP contribution in [0.2, 0.25) is 0 Å². The fourth-order valence-corrected chi connectivity index (χ4v) is 4.63. The molecule has 2 aromatic rings. The lowest BCUT2D eigenvalue weighted by Crippen LogP contribution is -2.41. The van der Waals surface area contributed by atoms with Gasteiger partial charge in [0.2, 0.25) is 5.91 Å². The van der Waals surface area contributed by atoms with Crippen LogP contribution in [-0.4, -0.2) is 23.2 Å². The highest BCUT2D eigenvalue weighted by Gasteiger charge is 2.43. The number of benzene rings is 2. The maximum Gasteiger partial charge on any atom is 0.416 e. The van der Waals surface area contributed by atoms with Gasteiger partial charge in [0.05, 0.1) is 17.1 Å². The molecule has 0 fully saturated rings. The number of rotatable bonds is 5. The van der Waals surface area contributed by atoms with E-state index in [2.05, 4.69) is 0 Å². The van der Waals surface area contributed by atoms with Gasteiger partial charge in [-0.2, -0.15) is 13.2 Å². The molecule has 178 valence electrons. The minimum atomic E-state index is -4.78. The van der Waals surface area contributed by atoms with Gasteiger partial charge in [-0.1, -0.05) is 18.2 Å². The molecule has 0 bridgehead atoms. The van der Waals surface area contributed by atoms with E-state index in [0.717, 1.165) is 11.0 Å². The lowest BCUT2D eigenvalue weighted by molar-refractivity contribution is -0.384. The molecule has 1 aliphatic carbocycles. The van der Waals surface area contributed by atoms with Crippen LogP contribution in [0.15, 0.2) is 53.7 Å². The summed E-state index contributed by atoms with van der Waals surface area (Å²) in [6.45, 7) is 2.19. The van der Waals surface area contributed by atoms with Crippen molar-refractivity contribution in [3.63, 3.8) is 0 Å². The Hall–Kier alpha value is -3.69. The number of ether oxygens (including phenoxy) is 1. The minimum Gasteiger partial charge on any atom is -0.494 e. The Bertz CT molecular complexity index is 1210. The normalized spacial score (nSPS) is 18.7. The number of ketones is 1. The number of amides is 1. The zero-order valence-corrected chi connectivity index (χ0v) is 18.2. The summed E-state index contributed by atoms with van der Waals surface area (Å²) < 4.78 is 45.2. The van der Waals surface area contributed by atoms with Gasteiger partial charge in [0.25, 0.3) is 5.69 Å². The molecular formula is C24H21F3N2O5. The molecule has 0 N–H and O–H groups in total. The summed E-state index contributed by atoms with van der Waals surface area (Å²) in [6.07, 6.45) is -3.99. The van der Waals surface area contributed by atoms with Gasteiger partial charge in [-0.3, -0.25) is 24.6 Å². The number of carbonyl (C=O) groups is 2. The number of para-hydroxylation sites is 1. The summed E-state index contributed by atoms with van der Waals surface area (Å²) in [6, 6.07) is 9.10. The molecule has 1 atom stereocenters. The van der Waals surface area contributed by atoms with Gasteiger partial charge >= 0.3 is 6.18 Å². The predicted molar refractivity (Wildman–Crippen MR) is 116 cm³/mol. The molecule has 1 amide bonds. The van der Waals surface area contributed by atoms with Crippen LogP contribution in [0, 0.1) is 10.1 Å². The lowest BCUT2D eigenvalue weighted by atomic mass is 9.76. The van der Waals surface area contributed by atoms with Crippen molar-refractivity contribution < 1.29 is 32.4 Å². The number of alkyl halides is 3. The molecule has 1 heterocycles. The monoisotopic (exact) mass is 474 g/mol. The average Bonchev–Trinajstić information content (AvgIpc) is 2.78. The quantitative estimate of drug-likeness (QED) is 0.419. The second kappa shape index (κ2) is 8.92.